The molecule has 2 aromatic rings. The van der Waals surface area contributed by atoms with Crippen LogP contribution in [0, 0.1) is 0 Å². The molecule has 2 aromatic carbocycles. The molecule has 1 aliphatic heterocycles. The van der Waals surface area contributed by atoms with Crippen molar-refractivity contribution in [1.82, 2.24) is 4.90 Å². The van der Waals surface area contributed by atoms with Crippen molar-refractivity contribution in [2.45, 2.75) is 6.92 Å². The number of carbonyl (C=O) groups is 3. The third-order valence-corrected chi connectivity index (χ3v) is 4.09. The SMILES string of the molecule is CCOc1cccc(/C=C2\C(=O)N(CC(=O)O)C(=O)c3ccccc32)c1O. The molecule has 2 N–H and O–H groups in total. The summed E-state index contributed by atoms with van der Waals surface area (Å²) in [6, 6.07) is 11.3. The number of carboxylic acids is 1. The van der Waals surface area contributed by atoms with Crippen LogP contribution >= 0.6 is 0 Å². The highest BCUT2D eigenvalue weighted by Gasteiger charge is 2.35. The average molecular weight is 367 g/mol. The molecular weight excluding hydrogens is 350 g/mol. The summed E-state index contributed by atoms with van der Waals surface area (Å²) in [5.74, 6) is -2.57. The summed E-state index contributed by atoms with van der Waals surface area (Å²) in [7, 11) is 0. The molecule has 0 fully saturated rings. The molecule has 138 valence electrons. The minimum absolute atomic E-state index is 0.121. The Morgan fingerprint density at radius 2 is 1.78 bits per heavy atom. The highest BCUT2D eigenvalue weighted by atomic mass is 16.5. The van der Waals surface area contributed by atoms with Crippen molar-refractivity contribution in [2.75, 3.05) is 13.2 Å². The Morgan fingerprint density at radius 3 is 2.44 bits per heavy atom. The lowest BCUT2D eigenvalue weighted by molar-refractivity contribution is -0.141. The van der Waals surface area contributed by atoms with Crippen LogP contribution in [0.2, 0.25) is 0 Å². The van der Waals surface area contributed by atoms with E-state index in [9.17, 15) is 19.5 Å². The van der Waals surface area contributed by atoms with Gasteiger partial charge in [0.1, 0.15) is 6.54 Å². The topological polar surface area (TPSA) is 104 Å². The molecule has 27 heavy (non-hydrogen) atoms. The second-order valence-corrected chi connectivity index (χ2v) is 5.82. The number of rotatable bonds is 5. The van der Waals surface area contributed by atoms with Gasteiger partial charge < -0.3 is 14.9 Å². The molecule has 7 heteroatoms. The Kier molecular flexibility index (Phi) is 4.94. The fourth-order valence-corrected chi connectivity index (χ4v) is 2.90. The summed E-state index contributed by atoms with van der Waals surface area (Å²) in [6.07, 6.45) is 1.43. The number of aliphatic carboxylic acids is 1. The van der Waals surface area contributed by atoms with E-state index in [1.807, 2.05) is 0 Å². The van der Waals surface area contributed by atoms with E-state index in [1.54, 1.807) is 43.3 Å². The minimum atomic E-state index is -1.29. The molecule has 0 spiro atoms. The maximum absolute atomic E-state index is 12.8. The predicted octanol–water partition coefficient (Wildman–Crippen LogP) is 2.40. The summed E-state index contributed by atoms with van der Waals surface area (Å²) in [5.41, 5.74) is 1.06. The average Bonchev–Trinajstić information content (AvgIpc) is 2.65. The zero-order chi connectivity index (χ0) is 19.6. The van der Waals surface area contributed by atoms with Crippen molar-refractivity contribution in [2.24, 2.45) is 0 Å². The monoisotopic (exact) mass is 367 g/mol. The first kappa shape index (κ1) is 18.2. The Morgan fingerprint density at radius 1 is 1.07 bits per heavy atom. The van der Waals surface area contributed by atoms with E-state index >= 15 is 0 Å². The summed E-state index contributed by atoms with van der Waals surface area (Å²) < 4.78 is 5.35. The van der Waals surface area contributed by atoms with Gasteiger partial charge in [0.05, 0.1) is 6.61 Å². The maximum atomic E-state index is 12.8. The van der Waals surface area contributed by atoms with Crippen LogP contribution in [0.15, 0.2) is 42.5 Å². The zero-order valence-corrected chi connectivity index (χ0v) is 14.5. The molecule has 0 aromatic heterocycles. The smallest absolute Gasteiger partial charge is 0.323 e. The lowest BCUT2D eigenvalue weighted by Gasteiger charge is -2.27. The van der Waals surface area contributed by atoms with E-state index in [1.165, 1.54) is 12.1 Å². The highest BCUT2D eigenvalue weighted by molar-refractivity contribution is 6.34. The van der Waals surface area contributed by atoms with E-state index in [0.717, 1.165) is 0 Å². The lowest BCUT2D eigenvalue weighted by atomic mass is 9.92. The normalized spacial score (nSPS) is 15.0. The van der Waals surface area contributed by atoms with Crippen LogP contribution in [0.3, 0.4) is 0 Å². The van der Waals surface area contributed by atoms with Gasteiger partial charge in [0.25, 0.3) is 11.8 Å². The summed E-state index contributed by atoms with van der Waals surface area (Å²) in [6.45, 7) is 1.39. The number of phenolic OH excluding ortho intramolecular Hbond substituents is 1. The number of ether oxygens (including phenoxy) is 1. The molecule has 1 heterocycles. The van der Waals surface area contributed by atoms with Crippen LogP contribution < -0.4 is 4.74 Å². The number of phenols is 1. The van der Waals surface area contributed by atoms with Crippen LogP contribution in [0.5, 0.6) is 11.5 Å². The van der Waals surface area contributed by atoms with Crippen molar-refractivity contribution in [3.8, 4) is 11.5 Å². The fourth-order valence-electron chi connectivity index (χ4n) is 2.90. The van der Waals surface area contributed by atoms with Gasteiger partial charge in [-0.25, -0.2) is 0 Å². The van der Waals surface area contributed by atoms with E-state index in [-0.39, 0.29) is 22.6 Å². The molecule has 7 nitrogen and oxygen atoms in total. The van der Waals surface area contributed by atoms with Crippen LogP contribution in [-0.4, -0.2) is 46.0 Å². The molecule has 0 saturated carbocycles. The van der Waals surface area contributed by atoms with Gasteiger partial charge in [-0.05, 0) is 30.7 Å². The van der Waals surface area contributed by atoms with E-state index in [2.05, 4.69) is 0 Å². The number of aromatic hydroxyl groups is 1. The van der Waals surface area contributed by atoms with Gasteiger partial charge in [0, 0.05) is 16.7 Å². The first-order chi connectivity index (χ1) is 12.9. The lowest BCUT2D eigenvalue weighted by Crippen LogP contribution is -2.44. The summed E-state index contributed by atoms with van der Waals surface area (Å²) >= 11 is 0. The molecular formula is C20H17NO6. The standard InChI is InChI=1S/C20H17NO6/c1-2-27-16-9-5-6-12(18(16)24)10-15-13-7-3-4-8-14(13)19(25)21(20(15)26)11-17(22)23/h3-10,24H,2,11H2,1H3,(H,22,23)/b15-10-. The summed E-state index contributed by atoms with van der Waals surface area (Å²) in [4.78, 5) is 37.1. The first-order valence-corrected chi connectivity index (χ1v) is 8.28. The second kappa shape index (κ2) is 7.33. The zero-order valence-electron chi connectivity index (χ0n) is 14.5. The number of benzene rings is 2. The molecule has 0 saturated heterocycles. The van der Waals surface area contributed by atoms with E-state index in [0.29, 0.717) is 22.6 Å². The van der Waals surface area contributed by atoms with Gasteiger partial charge in [-0.1, -0.05) is 30.3 Å². The van der Waals surface area contributed by atoms with Crippen LogP contribution in [0.4, 0.5) is 0 Å². The molecule has 1 aliphatic rings. The van der Waals surface area contributed by atoms with Crippen molar-refractivity contribution >= 4 is 29.4 Å². The number of hydrogen-bond acceptors (Lipinski definition) is 5. The number of nitrogens with zero attached hydrogens (tertiary/aromatic N) is 1. The fraction of sp³-hybridized carbons (Fsp3) is 0.150. The molecule has 0 radical (unpaired) electrons. The number of carboxylic acid groups (broad SMARTS) is 1. The molecule has 0 unspecified atom stereocenters. The number of imide groups is 1. The number of amides is 2. The van der Waals surface area contributed by atoms with E-state index in [4.69, 9.17) is 9.84 Å². The Labute approximate surface area is 155 Å². The van der Waals surface area contributed by atoms with Crippen LogP contribution in [0.1, 0.15) is 28.4 Å². The number of hydrogen-bond donors (Lipinski definition) is 2. The molecule has 2 amide bonds. The Bertz CT molecular complexity index is 963. The third kappa shape index (κ3) is 3.39. The van der Waals surface area contributed by atoms with Crippen LogP contribution in [0.25, 0.3) is 11.6 Å². The molecule has 3 rings (SSSR count). The number of carbonyl (C=O) groups excluding carboxylic acids is 2. The molecule has 0 atom stereocenters. The quantitative estimate of drug-likeness (QED) is 0.621. The first-order valence-electron chi connectivity index (χ1n) is 8.28. The van der Waals surface area contributed by atoms with Gasteiger partial charge in [-0.2, -0.15) is 0 Å². The van der Waals surface area contributed by atoms with Gasteiger partial charge in [-0.3, -0.25) is 19.3 Å². The maximum Gasteiger partial charge on any atom is 0.323 e. The molecule has 0 aliphatic carbocycles. The van der Waals surface area contributed by atoms with Gasteiger partial charge >= 0.3 is 5.97 Å². The van der Waals surface area contributed by atoms with Crippen molar-refractivity contribution in [1.29, 1.82) is 0 Å². The predicted molar refractivity (Wildman–Crippen MR) is 97.3 cm³/mol. The number of fused-ring (bicyclic) bond motifs is 1. The van der Waals surface area contributed by atoms with Gasteiger partial charge in [-0.15, -0.1) is 0 Å². The van der Waals surface area contributed by atoms with Crippen LogP contribution in [-0.2, 0) is 9.59 Å². The van der Waals surface area contributed by atoms with Crippen molar-refractivity contribution in [3.05, 3.63) is 59.2 Å². The van der Waals surface area contributed by atoms with Crippen molar-refractivity contribution < 1.29 is 29.3 Å². The largest absolute Gasteiger partial charge is 0.504 e. The minimum Gasteiger partial charge on any atom is -0.504 e. The van der Waals surface area contributed by atoms with Gasteiger partial charge in [0.2, 0.25) is 0 Å². The number of para-hydroxylation sites is 1. The Hall–Kier alpha value is -3.61. The third-order valence-electron chi connectivity index (χ3n) is 4.09. The second-order valence-electron chi connectivity index (χ2n) is 5.82. The highest BCUT2D eigenvalue weighted by Crippen LogP contribution is 2.35. The van der Waals surface area contributed by atoms with Gasteiger partial charge in [0.15, 0.2) is 11.5 Å². The van der Waals surface area contributed by atoms with Crippen molar-refractivity contribution in [3.63, 3.8) is 0 Å². The molecule has 0 bridgehead atoms. The summed E-state index contributed by atoms with van der Waals surface area (Å²) in [5, 5.41) is 19.4. The van der Waals surface area contributed by atoms with E-state index < -0.39 is 24.3 Å². The Balaban J connectivity index is 2.16.